The van der Waals surface area contributed by atoms with Gasteiger partial charge in [-0.15, -0.1) is 10.2 Å². The average molecular weight is 430 g/mol. The van der Waals surface area contributed by atoms with Crippen molar-refractivity contribution in [2.24, 2.45) is 0 Å². The van der Waals surface area contributed by atoms with Crippen molar-refractivity contribution in [3.63, 3.8) is 0 Å². The molecule has 5 heteroatoms. The first-order chi connectivity index (χ1) is 15.5. The van der Waals surface area contributed by atoms with Crippen LogP contribution in [0.4, 0.5) is 11.4 Å². The first kappa shape index (κ1) is 22.3. The molecule has 0 spiro atoms. The summed E-state index contributed by atoms with van der Waals surface area (Å²) in [5.74, 6) is 1.32. The third-order valence-electron chi connectivity index (χ3n) is 6.49. The zero-order valence-electron chi connectivity index (χ0n) is 19.9. The van der Waals surface area contributed by atoms with E-state index in [1.165, 1.54) is 37.8 Å². The van der Waals surface area contributed by atoms with Crippen LogP contribution >= 0.6 is 0 Å². The number of benzene rings is 2. The lowest BCUT2D eigenvalue weighted by Gasteiger charge is -2.19. The molecule has 1 aliphatic carbocycles. The second-order valence-electron chi connectivity index (χ2n) is 9.29. The van der Waals surface area contributed by atoms with Crippen LogP contribution in [0.2, 0.25) is 0 Å². The normalized spacial score (nSPS) is 15.1. The molecule has 0 aliphatic heterocycles. The molecule has 0 N–H and O–H groups in total. The molecule has 3 aromatic rings. The fraction of sp³-hybridized carbons (Fsp3) is 0.444. The second kappa shape index (κ2) is 10.1. The molecule has 1 aliphatic rings. The highest BCUT2D eigenvalue weighted by atomic mass is 15.2. The Labute approximate surface area is 192 Å². The number of nitrogens with zero attached hydrogens (tertiary/aromatic N) is 5. The monoisotopic (exact) mass is 429 g/mol. The van der Waals surface area contributed by atoms with Gasteiger partial charge in [-0.05, 0) is 37.1 Å². The lowest BCUT2D eigenvalue weighted by molar-refractivity contribution is 0.439. The quantitative estimate of drug-likeness (QED) is 0.486. The van der Waals surface area contributed by atoms with Gasteiger partial charge < -0.3 is 9.80 Å². The molecule has 0 saturated heterocycles. The SMILES string of the molecule is CN(C)c1ccc(-c2nnc(C3CCCCCCC3)nc2-c2ccc(N(C)C)cc2)cc1. The third kappa shape index (κ3) is 5.09. The summed E-state index contributed by atoms with van der Waals surface area (Å²) >= 11 is 0. The van der Waals surface area contributed by atoms with Crippen molar-refractivity contribution in [2.75, 3.05) is 38.0 Å². The van der Waals surface area contributed by atoms with E-state index in [0.717, 1.165) is 46.9 Å². The Hall–Kier alpha value is -2.95. The highest BCUT2D eigenvalue weighted by Gasteiger charge is 2.20. The number of hydrogen-bond donors (Lipinski definition) is 0. The molecule has 1 aromatic heterocycles. The molecule has 1 heterocycles. The maximum Gasteiger partial charge on any atom is 0.154 e. The summed E-state index contributed by atoms with van der Waals surface area (Å²) < 4.78 is 0. The predicted molar refractivity (Wildman–Crippen MR) is 134 cm³/mol. The molecular formula is C27H35N5. The van der Waals surface area contributed by atoms with E-state index in [2.05, 4.69) is 91.6 Å². The summed E-state index contributed by atoms with van der Waals surface area (Å²) in [6, 6.07) is 17.1. The molecule has 0 amide bonds. The van der Waals surface area contributed by atoms with Gasteiger partial charge in [-0.3, -0.25) is 0 Å². The molecule has 32 heavy (non-hydrogen) atoms. The molecule has 0 unspecified atom stereocenters. The van der Waals surface area contributed by atoms with Crippen LogP contribution in [-0.4, -0.2) is 43.4 Å². The largest absolute Gasteiger partial charge is 0.378 e. The predicted octanol–water partition coefficient (Wildman–Crippen LogP) is 6.17. The maximum absolute atomic E-state index is 5.15. The van der Waals surface area contributed by atoms with Gasteiger partial charge >= 0.3 is 0 Å². The van der Waals surface area contributed by atoms with E-state index in [1.807, 2.05) is 0 Å². The first-order valence-electron chi connectivity index (χ1n) is 11.8. The van der Waals surface area contributed by atoms with Gasteiger partial charge in [0.05, 0.1) is 0 Å². The molecule has 0 atom stereocenters. The maximum atomic E-state index is 5.15. The van der Waals surface area contributed by atoms with Gasteiger partial charge in [0.2, 0.25) is 0 Å². The lowest BCUT2D eigenvalue weighted by Crippen LogP contribution is -2.11. The van der Waals surface area contributed by atoms with Crippen LogP contribution in [0, 0.1) is 0 Å². The van der Waals surface area contributed by atoms with Crippen molar-refractivity contribution in [2.45, 2.75) is 50.9 Å². The Morgan fingerprint density at radius 2 is 1.06 bits per heavy atom. The minimum atomic E-state index is 0.410. The second-order valence-corrected chi connectivity index (χ2v) is 9.29. The molecular weight excluding hydrogens is 394 g/mol. The van der Waals surface area contributed by atoms with Gasteiger partial charge in [-0.25, -0.2) is 4.98 Å². The van der Waals surface area contributed by atoms with Crippen molar-refractivity contribution < 1.29 is 0 Å². The van der Waals surface area contributed by atoms with Crippen LogP contribution in [0.5, 0.6) is 0 Å². The van der Waals surface area contributed by atoms with Crippen LogP contribution in [0.1, 0.15) is 56.7 Å². The van der Waals surface area contributed by atoms with E-state index < -0.39 is 0 Å². The van der Waals surface area contributed by atoms with Crippen molar-refractivity contribution in [1.82, 2.24) is 15.2 Å². The molecule has 4 rings (SSSR count). The topological polar surface area (TPSA) is 45.2 Å². The van der Waals surface area contributed by atoms with Crippen molar-refractivity contribution in [1.29, 1.82) is 0 Å². The Balaban J connectivity index is 1.76. The Morgan fingerprint density at radius 3 is 1.56 bits per heavy atom. The minimum absolute atomic E-state index is 0.410. The van der Waals surface area contributed by atoms with E-state index in [4.69, 9.17) is 10.1 Å². The van der Waals surface area contributed by atoms with E-state index in [9.17, 15) is 0 Å². The molecule has 1 fully saturated rings. The van der Waals surface area contributed by atoms with E-state index in [1.54, 1.807) is 0 Å². The number of hydrogen-bond acceptors (Lipinski definition) is 5. The highest BCUT2D eigenvalue weighted by molar-refractivity contribution is 5.79. The van der Waals surface area contributed by atoms with Crippen LogP contribution in [0.25, 0.3) is 22.5 Å². The number of rotatable bonds is 5. The number of anilines is 2. The molecule has 2 aromatic carbocycles. The summed E-state index contributed by atoms with van der Waals surface area (Å²) in [5.41, 5.74) is 6.25. The summed E-state index contributed by atoms with van der Waals surface area (Å²) in [5, 5.41) is 9.41. The van der Waals surface area contributed by atoms with Gasteiger partial charge in [-0.1, -0.05) is 56.4 Å². The van der Waals surface area contributed by atoms with E-state index in [-0.39, 0.29) is 0 Å². The smallest absolute Gasteiger partial charge is 0.154 e. The first-order valence-corrected chi connectivity index (χ1v) is 11.8. The van der Waals surface area contributed by atoms with Crippen molar-refractivity contribution in [3.05, 3.63) is 54.4 Å². The van der Waals surface area contributed by atoms with Crippen LogP contribution in [-0.2, 0) is 0 Å². The third-order valence-corrected chi connectivity index (χ3v) is 6.49. The Morgan fingerprint density at radius 1 is 0.594 bits per heavy atom. The Bertz CT molecular complexity index is 1000. The van der Waals surface area contributed by atoms with Crippen molar-refractivity contribution >= 4 is 11.4 Å². The van der Waals surface area contributed by atoms with Crippen LogP contribution in [0.3, 0.4) is 0 Å². The Kier molecular flexibility index (Phi) is 7.03. The molecule has 0 bridgehead atoms. The van der Waals surface area contributed by atoms with Crippen LogP contribution < -0.4 is 9.80 Å². The van der Waals surface area contributed by atoms with Gasteiger partial charge in [-0.2, -0.15) is 0 Å². The molecule has 5 nitrogen and oxygen atoms in total. The zero-order valence-corrected chi connectivity index (χ0v) is 19.9. The van der Waals surface area contributed by atoms with Gasteiger partial charge in [0, 0.05) is 56.6 Å². The highest BCUT2D eigenvalue weighted by Crippen LogP contribution is 2.34. The summed E-state index contributed by atoms with van der Waals surface area (Å²) in [6.07, 6.45) is 8.84. The van der Waals surface area contributed by atoms with Crippen molar-refractivity contribution in [3.8, 4) is 22.5 Å². The van der Waals surface area contributed by atoms with Gasteiger partial charge in [0.25, 0.3) is 0 Å². The summed E-state index contributed by atoms with van der Waals surface area (Å²) in [7, 11) is 8.23. The van der Waals surface area contributed by atoms with Gasteiger partial charge in [0.1, 0.15) is 11.4 Å². The van der Waals surface area contributed by atoms with Crippen LogP contribution in [0.15, 0.2) is 48.5 Å². The van der Waals surface area contributed by atoms with E-state index >= 15 is 0 Å². The van der Waals surface area contributed by atoms with E-state index in [0.29, 0.717) is 5.92 Å². The molecule has 1 saturated carbocycles. The minimum Gasteiger partial charge on any atom is -0.378 e. The lowest BCUT2D eigenvalue weighted by atomic mass is 9.90. The summed E-state index contributed by atoms with van der Waals surface area (Å²) in [4.78, 5) is 9.37. The summed E-state index contributed by atoms with van der Waals surface area (Å²) in [6.45, 7) is 0. The zero-order chi connectivity index (χ0) is 22.5. The van der Waals surface area contributed by atoms with Gasteiger partial charge in [0.15, 0.2) is 5.82 Å². The fourth-order valence-electron chi connectivity index (χ4n) is 4.46. The molecule has 168 valence electrons. The standard InChI is InChI=1S/C27H35N5/c1-31(2)23-16-12-20(13-17-23)25-26(21-14-18-24(19-15-21)32(3)4)29-30-27(28-25)22-10-8-6-5-7-9-11-22/h12-19,22H,5-11H2,1-4H3. The molecule has 0 radical (unpaired) electrons. The number of aromatic nitrogens is 3. The average Bonchev–Trinajstić information content (AvgIpc) is 2.79. The fourth-order valence-corrected chi connectivity index (χ4v) is 4.46.